The van der Waals surface area contributed by atoms with E-state index >= 15 is 0 Å². The molecular formula is C11H11FN2O3S2. The van der Waals surface area contributed by atoms with E-state index in [-0.39, 0.29) is 21.7 Å². The molecule has 0 aliphatic carbocycles. The highest BCUT2D eigenvalue weighted by atomic mass is 32.2. The summed E-state index contributed by atoms with van der Waals surface area (Å²) in [5.41, 5.74) is 0. The second kappa shape index (κ2) is 5.30. The second-order valence-corrected chi connectivity index (χ2v) is 6.28. The van der Waals surface area contributed by atoms with E-state index in [2.05, 4.69) is 4.40 Å². The smallest absolute Gasteiger partial charge is 0.284 e. The lowest BCUT2D eigenvalue weighted by Gasteiger charge is -2.12. The quantitative estimate of drug-likeness (QED) is 0.848. The Kier molecular flexibility index (Phi) is 3.91. The molecule has 0 radical (unpaired) electrons. The Hall–Kier alpha value is -1.41. The van der Waals surface area contributed by atoms with Gasteiger partial charge in [0.1, 0.15) is 5.82 Å². The van der Waals surface area contributed by atoms with E-state index in [1.165, 1.54) is 4.90 Å². The van der Waals surface area contributed by atoms with Gasteiger partial charge in [-0.2, -0.15) is 8.42 Å². The normalized spacial score (nSPS) is 18.3. The van der Waals surface area contributed by atoms with Crippen LogP contribution < -0.4 is 0 Å². The van der Waals surface area contributed by atoms with Crippen molar-refractivity contribution in [2.45, 2.75) is 11.8 Å². The molecule has 1 aliphatic heterocycles. The molecule has 19 heavy (non-hydrogen) atoms. The zero-order valence-electron chi connectivity index (χ0n) is 10.0. The third-order valence-electron chi connectivity index (χ3n) is 2.48. The maximum absolute atomic E-state index is 12.8. The number of thioether (sulfide) groups is 1. The molecule has 2 rings (SSSR count). The fourth-order valence-corrected chi connectivity index (χ4v) is 3.73. The highest BCUT2D eigenvalue weighted by molar-refractivity contribution is 8.15. The maximum Gasteiger partial charge on any atom is 0.284 e. The topological polar surface area (TPSA) is 66.8 Å². The van der Waals surface area contributed by atoms with Crippen LogP contribution in [0.1, 0.15) is 6.92 Å². The van der Waals surface area contributed by atoms with Gasteiger partial charge in [0.25, 0.3) is 10.0 Å². The van der Waals surface area contributed by atoms with Gasteiger partial charge in [0.05, 0.1) is 10.6 Å². The van der Waals surface area contributed by atoms with Crippen molar-refractivity contribution in [3.63, 3.8) is 0 Å². The third-order valence-corrected chi connectivity index (χ3v) is 4.84. The van der Waals surface area contributed by atoms with Crippen LogP contribution in [0.25, 0.3) is 0 Å². The largest absolute Gasteiger partial charge is 0.290 e. The van der Waals surface area contributed by atoms with Crippen LogP contribution in [0.3, 0.4) is 0 Å². The molecule has 8 heteroatoms. The molecule has 1 saturated heterocycles. The SMILES string of the molecule is CCN1C(=O)CS/C1=N\S(=O)(=O)c1ccc(F)cc1. The van der Waals surface area contributed by atoms with E-state index in [1.54, 1.807) is 6.92 Å². The molecule has 0 spiro atoms. The highest BCUT2D eigenvalue weighted by Crippen LogP contribution is 2.22. The lowest BCUT2D eigenvalue weighted by atomic mass is 10.4. The predicted molar refractivity (Wildman–Crippen MR) is 70.9 cm³/mol. The van der Waals surface area contributed by atoms with E-state index < -0.39 is 15.8 Å². The lowest BCUT2D eigenvalue weighted by Crippen LogP contribution is -2.29. The summed E-state index contributed by atoms with van der Waals surface area (Å²) in [5, 5.41) is 0.164. The van der Waals surface area contributed by atoms with Gasteiger partial charge in [0, 0.05) is 6.54 Å². The minimum atomic E-state index is -3.92. The van der Waals surface area contributed by atoms with Crippen molar-refractivity contribution in [2.24, 2.45) is 4.40 Å². The number of benzene rings is 1. The van der Waals surface area contributed by atoms with Gasteiger partial charge in [-0.1, -0.05) is 11.8 Å². The van der Waals surface area contributed by atoms with Crippen molar-refractivity contribution in [1.82, 2.24) is 4.90 Å². The van der Waals surface area contributed by atoms with Crippen LogP contribution in [-0.2, 0) is 14.8 Å². The number of halogens is 1. The van der Waals surface area contributed by atoms with Crippen molar-refractivity contribution < 1.29 is 17.6 Å². The van der Waals surface area contributed by atoms with E-state index in [0.29, 0.717) is 6.54 Å². The maximum atomic E-state index is 12.8. The molecule has 102 valence electrons. The second-order valence-electron chi connectivity index (χ2n) is 3.73. The molecule has 1 amide bonds. The number of amides is 1. The van der Waals surface area contributed by atoms with Crippen LogP contribution in [0.15, 0.2) is 33.6 Å². The van der Waals surface area contributed by atoms with Crippen molar-refractivity contribution in [3.05, 3.63) is 30.1 Å². The summed E-state index contributed by atoms with van der Waals surface area (Å²) in [6.45, 7) is 2.10. The van der Waals surface area contributed by atoms with E-state index in [4.69, 9.17) is 0 Å². The molecule has 0 aromatic heterocycles. The molecule has 1 fully saturated rings. The fourth-order valence-electron chi connectivity index (χ4n) is 1.54. The molecular weight excluding hydrogens is 291 g/mol. The van der Waals surface area contributed by atoms with Gasteiger partial charge < -0.3 is 0 Å². The number of amidine groups is 1. The van der Waals surface area contributed by atoms with Crippen molar-refractivity contribution in [1.29, 1.82) is 0 Å². The zero-order valence-corrected chi connectivity index (χ0v) is 11.7. The molecule has 0 saturated carbocycles. The highest BCUT2D eigenvalue weighted by Gasteiger charge is 2.29. The average Bonchev–Trinajstić information content (AvgIpc) is 2.69. The average molecular weight is 302 g/mol. The summed E-state index contributed by atoms with van der Waals surface area (Å²) in [4.78, 5) is 12.7. The van der Waals surface area contributed by atoms with Gasteiger partial charge in [0.2, 0.25) is 5.91 Å². The first-order valence-corrected chi connectivity index (χ1v) is 7.90. The molecule has 1 aromatic rings. The molecule has 1 heterocycles. The molecule has 1 aromatic carbocycles. The number of carbonyl (C=O) groups is 1. The Morgan fingerprint density at radius 3 is 2.58 bits per heavy atom. The van der Waals surface area contributed by atoms with Crippen LogP contribution >= 0.6 is 11.8 Å². The predicted octanol–water partition coefficient (Wildman–Crippen LogP) is 1.47. The first-order valence-electron chi connectivity index (χ1n) is 5.48. The van der Waals surface area contributed by atoms with Gasteiger partial charge in [-0.3, -0.25) is 9.69 Å². The number of hydrogen-bond acceptors (Lipinski definition) is 4. The van der Waals surface area contributed by atoms with Crippen molar-refractivity contribution in [3.8, 4) is 0 Å². The summed E-state index contributed by atoms with van der Waals surface area (Å²) in [5.74, 6) is -0.501. The first kappa shape index (κ1) is 14.0. The molecule has 0 unspecified atom stereocenters. The monoisotopic (exact) mass is 302 g/mol. The minimum absolute atomic E-state index is 0.0996. The van der Waals surface area contributed by atoms with E-state index in [1.807, 2.05) is 0 Å². The Bertz CT molecular complexity index is 626. The van der Waals surface area contributed by atoms with Crippen LogP contribution in [0, 0.1) is 5.82 Å². The first-order chi connectivity index (χ1) is 8.94. The van der Waals surface area contributed by atoms with Crippen molar-refractivity contribution in [2.75, 3.05) is 12.3 Å². The Labute approximate surface area is 114 Å². The number of nitrogens with zero attached hydrogens (tertiary/aromatic N) is 2. The van der Waals surface area contributed by atoms with Gasteiger partial charge in [-0.15, -0.1) is 4.40 Å². The summed E-state index contributed by atoms with van der Waals surface area (Å²) in [7, 11) is -3.92. The Balaban J connectivity index is 2.36. The van der Waals surface area contributed by atoms with Gasteiger partial charge >= 0.3 is 0 Å². The van der Waals surface area contributed by atoms with E-state index in [9.17, 15) is 17.6 Å². The number of rotatable bonds is 3. The third kappa shape index (κ3) is 2.95. The molecule has 0 atom stereocenters. The van der Waals surface area contributed by atoms with Crippen LogP contribution in [0.5, 0.6) is 0 Å². The lowest BCUT2D eigenvalue weighted by molar-refractivity contribution is -0.123. The van der Waals surface area contributed by atoms with Crippen LogP contribution in [-0.4, -0.2) is 36.7 Å². The molecule has 5 nitrogen and oxygen atoms in total. The Morgan fingerprint density at radius 1 is 1.37 bits per heavy atom. The minimum Gasteiger partial charge on any atom is -0.290 e. The van der Waals surface area contributed by atoms with E-state index in [0.717, 1.165) is 36.0 Å². The van der Waals surface area contributed by atoms with Gasteiger partial charge in [0.15, 0.2) is 5.17 Å². The zero-order chi connectivity index (χ0) is 14.0. The fraction of sp³-hybridized carbons (Fsp3) is 0.273. The molecule has 0 bridgehead atoms. The number of hydrogen-bond donors (Lipinski definition) is 0. The molecule has 1 aliphatic rings. The molecule has 0 N–H and O–H groups in total. The number of sulfonamides is 1. The van der Waals surface area contributed by atoms with Gasteiger partial charge in [-0.25, -0.2) is 4.39 Å². The summed E-state index contributed by atoms with van der Waals surface area (Å²) >= 11 is 1.08. The van der Waals surface area contributed by atoms with Gasteiger partial charge in [-0.05, 0) is 31.2 Å². The van der Waals surface area contributed by atoms with Crippen molar-refractivity contribution >= 4 is 32.9 Å². The summed E-state index contributed by atoms with van der Waals surface area (Å²) < 4.78 is 40.4. The Morgan fingerprint density at radius 2 is 2.00 bits per heavy atom. The summed E-state index contributed by atoms with van der Waals surface area (Å²) in [6, 6.07) is 4.40. The standard InChI is InChI=1S/C11H11FN2O3S2/c1-2-14-10(15)7-18-11(14)13-19(16,17)9-5-3-8(12)4-6-9/h3-6H,2,7H2,1H3/b13-11-. The number of carbonyl (C=O) groups excluding carboxylic acids is 1. The van der Waals surface area contributed by atoms with Crippen LogP contribution in [0.2, 0.25) is 0 Å². The van der Waals surface area contributed by atoms with Crippen LogP contribution in [0.4, 0.5) is 4.39 Å². The summed E-state index contributed by atoms with van der Waals surface area (Å²) in [6.07, 6.45) is 0.